The number of carbonyl (C=O) groups is 1. The fourth-order valence-electron chi connectivity index (χ4n) is 3.29. The Hall–Kier alpha value is -1.35. The number of carboxylic acids is 1. The third-order valence-electron chi connectivity index (χ3n) is 4.32. The van der Waals surface area contributed by atoms with Gasteiger partial charge in [-0.25, -0.2) is 0 Å². The van der Waals surface area contributed by atoms with Crippen molar-refractivity contribution in [1.82, 2.24) is 4.90 Å². The zero-order valence-corrected chi connectivity index (χ0v) is 11.2. The molecule has 0 radical (unpaired) electrons. The molecule has 102 valence electrons. The molecule has 1 aromatic rings. The first-order valence-corrected chi connectivity index (χ1v) is 7.31. The second kappa shape index (κ2) is 5.33. The summed E-state index contributed by atoms with van der Waals surface area (Å²) in [4.78, 5) is 13.2. The molecule has 0 spiro atoms. The van der Waals surface area contributed by atoms with Crippen molar-refractivity contribution < 1.29 is 9.90 Å². The van der Waals surface area contributed by atoms with Crippen LogP contribution in [0.4, 0.5) is 0 Å². The smallest absolute Gasteiger partial charge is 0.303 e. The zero-order valence-electron chi connectivity index (χ0n) is 11.2. The van der Waals surface area contributed by atoms with E-state index in [1.54, 1.807) is 0 Å². The molecule has 0 aromatic heterocycles. The van der Waals surface area contributed by atoms with Crippen molar-refractivity contribution in [3.05, 3.63) is 35.4 Å². The molecule has 1 N–H and O–H groups in total. The van der Waals surface area contributed by atoms with Crippen LogP contribution in [0.5, 0.6) is 0 Å². The van der Waals surface area contributed by atoms with Gasteiger partial charge in [0.05, 0.1) is 0 Å². The highest BCUT2D eigenvalue weighted by Gasteiger charge is 2.36. The van der Waals surface area contributed by atoms with E-state index in [4.69, 9.17) is 5.11 Å². The summed E-state index contributed by atoms with van der Waals surface area (Å²) in [5, 5.41) is 8.79. The largest absolute Gasteiger partial charge is 0.481 e. The van der Waals surface area contributed by atoms with Crippen molar-refractivity contribution in [3.8, 4) is 0 Å². The third kappa shape index (κ3) is 2.81. The molecule has 2 aliphatic carbocycles. The molecule has 0 bridgehead atoms. The molecule has 0 saturated heterocycles. The molecule has 0 heterocycles. The number of aliphatic carboxylic acids is 1. The SMILES string of the molecule is O=C(O)CCCN(C1CC1)C1CCc2ccccc21. The highest BCUT2D eigenvalue weighted by Crippen LogP contribution is 2.41. The van der Waals surface area contributed by atoms with Crippen LogP contribution in [0.1, 0.15) is 49.3 Å². The van der Waals surface area contributed by atoms with E-state index in [1.165, 1.54) is 36.8 Å². The van der Waals surface area contributed by atoms with Gasteiger partial charge in [0.15, 0.2) is 0 Å². The summed E-state index contributed by atoms with van der Waals surface area (Å²) in [6, 6.07) is 9.95. The Labute approximate surface area is 114 Å². The molecule has 0 aliphatic heterocycles. The Bertz CT molecular complexity index is 468. The first-order chi connectivity index (χ1) is 9.25. The minimum absolute atomic E-state index is 0.289. The topological polar surface area (TPSA) is 40.5 Å². The van der Waals surface area contributed by atoms with Gasteiger partial charge in [-0.1, -0.05) is 24.3 Å². The molecule has 19 heavy (non-hydrogen) atoms. The first-order valence-electron chi connectivity index (χ1n) is 7.31. The van der Waals surface area contributed by atoms with Crippen molar-refractivity contribution in [3.63, 3.8) is 0 Å². The van der Waals surface area contributed by atoms with Crippen LogP contribution in [0.15, 0.2) is 24.3 Å². The van der Waals surface area contributed by atoms with E-state index in [0.717, 1.165) is 13.0 Å². The van der Waals surface area contributed by atoms with Gasteiger partial charge in [0.25, 0.3) is 0 Å². The maximum atomic E-state index is 10.7. The Morgan fingerprint density at radius 3 is 2.79 bits per heavy atom. The monoisotopic (exact) mass is 259 g/mol. The standard InChI is InChI=1S/C16H21NO2/c18-16(19)6-3-11-17(13-8-9-13)15-10-7-12-4-1-2-5-14(12)15/h1-2,4-5,13,15H,3,6-11H2,(H,18,19). The average Bonchev–Trinajstić information content (AvgIpc) is 3.14. The van der Waals surface area contributed by atoms with E-state index >= 15 is 0 Å². The number of hydrogen-bond acceptors (Lipinski definition) is 2. The second-order valence-corrected chi connectivity index (χ2v) is 5.72. The maximum absolute atomic E-state index is 10.7. The van der Waals surface area contributed by atoms with Gasteiger partial charge in [-0.05, 0) is 49.8 Å². The molecular weight excluding hydrogens is 238 g/mol. The summed E-state index contributed by atoms with van der Waals surface area (Å²) >= 11 is 0. The Morgan fingerprint density at radius 2 is 2.05 bits per heavy atom. The highest BCUT2D eigenvalue weighted by atomic mass is 16.4. The number of carboxylic acid groups (broad SMARTS) is 1. The lowest BCUT2D eigenvalue weighted by Crippen LogP contribution is -2.31. The van der Waals surface area contributed by atoms with E-state index in [-0.39, 0.29) is 6.42 Å². The molecule has 2 aliphatic rings. The minimum atomic E-state index is -0.678. The number of fused-ring (bicyclic) bond motifs is 1. The van der Waals surface area contributed by atoms with Crippen LogP contribution in [0.3, 0.4) is 0 Å². The fraction of sp³-hybridized carbons (Fsp3) is 0.562. The molecule has 1 atom stereocenters. The van der Waals surface area contributed by atoms with Crippen LogP contribution in [0.2, 0.25) is 0 Å². The summed E-state index contributed by atoms with van der Waals surface area (Å²) in [5.41, 5.74) is 2.96. The first kappa shape index (κ1) is 12.7. The van der Waals surface area contributed by atoms with Gasteiger partial charge in [-0.15, -0.1) is 0 Å². The van der Waals surface area contributed by atoms with E-state index in [9.17, 15) is 4.79 Å². The Balaban J connectivity index is 1.69. The lowest BCUT2D eigenvalue weighted by Gasteiger charge is -2.29. The predicted molar refractivity (Wildman–Crippen MR) is 74.1 cm³/mol. The zero-order chi connectivity index (χ0) is 13.2. The number of nitrogens with zero attached hydrogens (tertiary/aromatic N) is 1. The summed E-state index contributed by atoms with van der Waals surface area (Å²) in [5.74, 6) is -0.678. The van der Waals surface area contributed by atoms with Gasteiger partial charge in [-0.2, -0.15) is 0 Å². The predicted octanol–water partition coefficient (Wildman–Crippen LogP) is 3.00. The number of aryl methyl sites for hydroxylation is 1. The van der Waals surface area contributed by atoms with E-state index in [0.29, 0.717) is 12.1 Å². The lowest BCUT2D eigenvalue weighted by molar-refractivity contribution is -0.137. The van der Waals surface area contributed by atoms with Crippen LogP contribution in [-0.2, 0) is 11.2 Å². The molecule has 0 amide bonds. The molecular formula is C16H21NO2. The normalized spacial score (nSPS) is 21.6. The van der Waals surface area contributed by atoms with Crippen molar-refractivity contribution >= 4 is 5.97 Å². The van der Waals surface area contributed by atoms with Gasteiger partial charge in [-0.3, -0.25) is 9.69 Å². The van der Waals surface area contributed by atoms with Gasteiger partial charge < -0.3 is 5.11 Å². The van der Waals surface area contributed by atoms with Crippen LogP contribution in [0, 0.1) is 0 Å². The van der Waals surface area contributed by atoms with Crippen molar-refractivity contribution in [2.24, 2.45) is 0 Å². The van der Waals surface area contributed by atoms with E-state index < -0.39 is 5.97 Å². The van der Waals surface area contributed by atoms with E-state index in [2.05, 4.69) is 29.2 Å². The molecule has 3 rings (SSSR count). The van der Waals surface area contributed by atoms with Gasteiger partial charge >= 0.3 is 5.97 Å². The quantitative estimate of drug-likeness (QED) is 0.853. The van der Waals surface area contributed by atoms with Crippen LogP contribution in [0.25, 0.3) is 0 Å². The third-order valence-corrected chi connectivity index (χ3v) is 4.32. The molecule has 1 unspecified atom stereocenters. The summed E-state index contributed by atoms with van der Waals surface area (Å²) < 4.78 is 0. The Kier molecular flexibility index (Phi) is 3.56. The van der Waals surface area contributed by atoms with Crippen molar-refractivity contribution in [2.45, 2.75) is 50.6 Å². The molecule has 1 saturated carbocycles. The van der Waals surface area contributed by atoms with Gasteiger partial charge in [0.2, 0.25) is 0 Å². The summed E-state index contributed by atoms with van der Waals surface area (Å²) in [6.45, 7) is 0.927. The van der Waals surface area contributed by atoms with Crippen LogP contribution in [-0.4, -0.2) is 28.6 Å². The summed E-state index contributed by atoms with van der Waals surface area (Å²) in [6.07, 6.45) is 5.99. The fourth-order valence-corrected chi connectivity index (χ4v) is 3.29. The van der Waals surface area contributed by atoms with E-state index in [1.807, 2.05) is 0 Å². The minimum Gasteiger partial charge on any atom is -0.481 e. The number of benzene rings is 1. The molecule has 1 aromatic carbocycles. The lowest BCUT2D eigenvalue weighted by atomic mass is 10.1. The van der Waals surface area contributed by atoms with Gasteiger partial charge in [0, 0.05) is 18.5 Å². The second-order valence-electron chi connectivity index (χ2n) is 5.72. The van der Waals surface area contributed by atoms with Crippen LogP contribution < -0.4 is 0 Å². The van der Waals surface area contributed by atoms with Gasteiger partial charge in [0.1, 0.15) is 0 Å². The van der Waals surface area contributed by atoms with Crippen molar-refractivity contribution in [2.75, 3.05) is 6.54 Å². The maximum Gasteiger partial charge on any atom is 0.303 e. The van der Waals surface area contributed by atoms with Crippen LogP contribution >= 0.6 is 0 Å². The molecule has 1 fully saturated rings. The molecule has 3 heteroatoms. The number of rotatable bonds is 6. The number of hydrogen-bond donors (Lipinski definition) is 1. The highest BCUT2D eigenvalue weighted by molar-refractivity contribution is 5.66. The Morgan fingerprint density at radius 1 is 1.26 bits per heavy atom. The molecule has 3 nitrogen and oxygen atoms in total. The van der Waals surface area contributed by atoms with Crippen molar-refractivity contribution in [1.29, 1.82) is 0 Å². The summed E-state index contributed by atoms with van der Waals surface area (Å²) in [7, 11) is 0. The average molecular weight is 259 g/mol.